The normalized spacial score (nSPS) is 16.2. The molecule has 0 spiro atoms. The highest BCUT2D eigenvalue weighted by Gasteiger charge is 2.18. The number of hydrogen-bond acceptors (Lipinski definition) is 6. The standard InChI is InChI=1S/C12H26O3.C6H14O3/c1-4-6-11(7-5-2)12(14)9-15-10(3)8-13;1-5(8)4-9-6(2)3-7/h10-14H,4-9H2,1-3H3;5-8H,3-4H2,1-2H3. The Kier molecular flexibility index (Phi) is 19.0. The molecule has 0 rings (SSSR count). The highest BCUT2D eigenvalue weighted by Crippen LogP contribution is 2.18. The zero-order chi connectivity index (χ0) is 19.0. The molecule has 0 fully saturated rings. The lowest BCUT2D eigenvalue weighted by Crippen LogP contribution is -2.28. The molecule has 4 N–H and O–H groups in total. The zero-order valence-electron chi connectivity index (χ0n) is 16.1. The Labute approximate surface area is 147 Å². The number of aliphatic hydroxyl groups excluding tert-OH is 4. The van der Waals surface area contributed by atoms with Crippen LogP contribution in [0.3, 0.4) is 0 Å². The van der Waals surface area contributed by atoms with Crippen molar-refractivity contribution in [3.63, 3.8) is 0 Å². The molecular formula is C18H40O6. The lowest BCUT2D eigenvalue weighted by atomic mass is 9.93. The van der Waals surface area contributed by atoms with E-state index in [9.17, 15) is 5.11 Å². The zero-order valence-corrected chi connectivity index (χ0v) is 16.1. The van der Waals surface area contributed by atoms with Gasteiger partial charge in [-0.2, -0.15) is 0 Å². The van der Waals surface area contributed by atoms with Crippen LogP contribution in [0.15, 0.2) is 0 Å². The molecule has 4 unspecified atom stereocenters. The molecule has 0 aromatic heterocycles. The molecule has 6 nitrogen and oxygen atoms in total. The van der Waals surface area contributed by atoms with E-state index in [1.165, 1.54) is 0 Å². The molecule has 0 aliphatic heterocycles. The van der Waals surface area contributed by atoms with Gasteiger partial charge in [-0.15, -0.1) is 0 Å². The van der Waals surface area contributed by atoms with E-state index in [2.05, 4.69) is 13.8 Å². The van der Waals surface area contributed by atoms with Gasteiger partial charge in [-0.3, -0.25) is 0 Å². The summed E-state index contributed by atoms with van der Waals surface area (Å²) in [7, 11) is 0. The molecule has 0 aromatic rings. The largest absolute Gasteiger partial charge is 0.394 e. The van der Waals surface area contributed by atoms with E-state index in [1.54, 1.807) is 20.8 Å². The van der Waals surface area contributed by atoms with Crippen molar-refractivity contribution in [2.75, 3.05) is 26.4 Å². The van der Waals surface area contributed by atoms with Gasteiger partial charge in [0.05, 0.1) is 50.8 Å². The van der Waals surface area contributed by atoms with E-state index in [4.69, 9.17) is 24.8 Å². The predicted molar refractivity (Wildman–Crippen MR) is 96.0 cm³/mol. The van der Waals surface area contributed by atoms with E-state index in [0.29, 0.717) is 19.1 Å². The lowest BCUT2D eigenvalue weighted by molar-refractivity contribution is -0.0442. The Bertz CT molecular complexity index is 244. The second-order valence-electron chi connectivity index (χ2n) is 6.41. The third kappa shape index (κ3) is 16.6. The summed E-state index contributed by atoms with van der Waals surface area (Å²) in [6, 6.07) is 0. The van der Waals surface area contributed by atoms with E-state index < -0.39 is 6.10 Å². The van der Waals surface area contributed by atoms with Crippen molar-refractivity contribution in [2.24, 2.45) is 5.92 Å². The van der Waals surface area contributed by atoms with Gasteiger partial charge in [0.15, 0.2) is 0 Å². The van der Waals surface area contributed by atoms with Gasteiger partial charge in [0.2, 0.25) is 0 Å². The van der Waals surface area contributed by atoms with Gasteiger partial charge in [0.1, 0.15) is 0 Å². The van der Waals surface area contributed by atoms with Gasteiger partial charge >= 0.3 is 0 Å². The summed E-state index contributed by atoms with van der Waals surface area (Å²) in [5.41, 5.74) is 0. The molecule has 0 bridgehead atoms. The number of rotatable bonds is 13. The second-order valence-corrected chi connectivity index (χ2v) is 6.41. The Balaban J connectivity index is 0. The van der Waals surface area contributed by atoms with Crippen molar-refractivity contribution >= 4 is 0 Å². The maximum Gasteiger partial charge on any atom is 0.0801 e. The van der Waals surface area contributed by atoms with Crippen LogP contribution in [-0.4, -0.2) is 71.3 Å². The minimum Gasteiger partial charge on any atom is -0.394 e. The van der Waals surface area contributed by atoms with Crippen LogP contribution in [-0.2, 0) is 9.47 Å². The fraction of sp³-hybridized carbons (Fsp3) is 1.00. The van der Waals surface area contributed by atoms with Crippen LogP contribution in [0.5, 0.6) is 0 Å². The first-order chi connectivity index (χ1) is 11.3. The molecule has 0 radical (unpaired) electrons. The molecule has 0 saturated carbocycles. The Morgan fingerprint density at radius 1 is 0.750 bits per heavy atom. The second kappa shape index (κ2) is 17.6. The first-order valence-electron chi connectivity index (χ1n) is 9.13. The summed E-state index contributed by atoms with van der Waals surface area (Å²) in [5, 5.41) is 35.8. The van der Waals surface area contributed by atoms with Gasteiger partial charge < -0.3 is 29.9 Å². The van der Waals surface area contributed by atoms with Crippen LogP contribution in [0.1, 0.15) is 60.3 Å². The molecule has 0 aromatic carbocycles. The number of ether oxygens (including phenoxy) is 2. The van der Waals surface area contributed by atoms with Gasteiger partial charge in [0, 0.05) is 0 Å². The van der Waals surface area contributed by atoms with Crippen molar-refractivity contribution < 1.29 is 29.9 Å². The van der Waals surface area contributed by atoms with Crippen molar-refractivity contribution in [1.82, 2.24) is 0 Å². The molecule has 148 valence electrons. The van der Waals surface area contributed by atoms with Crippen LogP contribution < -0.4 is 0 Å². The summed E-state index contributed by atoms with van der Waals surface area (Å²) in [6.07, 6.45) is 3.10. The molecule has 24 heavy (non-hydrogen) atoms. The third-order valence-corrected chi connectivity index (χ3v) is 3.55. The molecule has 0 heterocycles. The summed E-state index contributed by atoms with van der Waals surface area (Å²) < 4.78 is 10.3. The predicted octanol–water partition coefficient (Wildman–Crippen LogP) is 1.73. The highest BCUT2D eigenvalue weighted by molar-refractivity contribution is 4.68. The van der Waals surface area contributed by atoms with Gasteiger partial charge in [0.25, 0.3) is 0 Å². The Morgan fingerprint density at radius 2 is 1.17 bits per heavy atom. The maximum absolute atomic E-state index is 9.91. The van der Waals surface area contributed by atoms with Crippen LogP contribution in [0, 0.1) is 5.92 Å². The molecule has 0 aliphatic carbocycles. The van der Waals surface area contributed by atoms with Gasteiger partial charge in [-0.1, -0.05) is 26.7 Å². The Morgan fingerprint density at radius 3 is 1.50 bits per heavy atom. The molecule has 4 atom stereocenters. The van der Waals surface area contributed by atoms with E-state index in [1.807, 2.05) is 0 Å². The van der Waals surface area contributed by atoms with Crippen LogP contribution in [0.25, 0.3) is 0 Å². The first kappa shape index (κ1) is 26.0. The fourth-order valence-electron chi connectivity index (χ4n) is 2.08. The summed E-state index contributed by atoms with van der Waals surface area (Å²) in [4.78, 5) is 0. The topological polar surface area (TPSA) is 99.4 Å². The maximum atomic E-state index is 9.91. The summed E-state index contributed by atoms with van der Waals surface area (Å²) in [6.45, 7) is 10.1. The minimum absolute atomic E-state index is 0.00667. The molecule has 0 amide bonds. The SMILES string of the molecule is CC(O)COC(C)CO.CCCC(CCC)C(O)COC(C)CO. The quantitative estimate of drug-likeness (QED) is 0.403. The fourth-order valence-corrected chi connectivity index (χ4v) is 2.08. The summed E-state index contributed by atoms with van der Waals surface area (Å²) >= 11 is 0. The molecule has 6 heteroatoms. The highest BCUT2D eigenvalue weighted by atomic mass is 16.5. The molecular weight excluding hydrogens is 312 g/mol. The van der Waals surface area contributed by atoms with E-state index in [0.717, 1.165) is 25.7 Å². The van der Waals surface area contributed by atoms with Gasteiger partial charge in [-0.25, -0.2) is 0 Å². The Hall–Kier alpha value is -0.240. The van der Waals surface area contributed by atoms with Gasteiger partial charge in [-0.05, 0) is 39.5 Å². The number of aliphatic hydroxyl groups is 4. The van der Waals surface area contributed by atoms with Crippen molar-refractivity contribution in [3.05, 3.63) is 0 Å². The van der Waals surface area contributed by atoms with Crippen LogP contribution in [0.4, 0.5) is 0 Å². The third-order valence-electron chi connectivity index (χ3n) is 3.55. The van der Waals surface area contributed by atoms with Crippen molar-refractivity contribution in [2.45, 2.75) is 84.7 Å². The van der Waals surface area contributed by atoms with E-state index >= 15 is 0 Å². The molecule has 0 saturated heterocycles. The average molecular weight is 353 g/mol. The number of hydrogen-bond donors (Lipinski definition) is 4. The van der Waals surface area contributed by atoms with E-state index in [-0.39, 0.29) is 31.5 Å². The average Bonchev–Trinajstić information content (AvgIpc) is 2.57. The molecule has 0 aliphatic rings. The van der Waals surface area contributed by atoms with Crippen molar-refractivity contribution in [1.29, 1.82) is 0 Å². The lowest BCUT2D eigenvalue weighted by Gasteiger charge is -2.23. The smallest absolute Gasteiger partial charge is 0.0801 e. The minimum atomic E-state index is -0.445. The van der Waals surface area contributed by atoms with Crippen LogP contribution in [0.2, 0.25) is 0 Å². The van der Waals surface area contributed by atoms with Crippen LogP contribution >= 0.6 is 0 Å². The first-order valence-corrected chi connectivity index (χ1v) is 9.13. The monoisotopic (exact) mass is 352 g/mol. The van der Waals surface area contributed by atoms with Crippen molar-refractivity contribution in [3.8, 4) is 0 Å². The summed E-state index contributed by atoms with van der Waals surface area (Å²) in [5.74, 6) is 0.339.